The van der Waals surface area contributed by atoms with Crippen LogP contribution in [-0.4, -0.2) is 20.7 Å². The van der Waals surface area contributed by atoms with E-state index >= 15 is 0 Å². The second kappa shape index (κ2) is 8.12. The van der Waals surface area contributed by atoms with Crippen LogP contribution in [0, 0.1) is 13.8 Å². The van der Waals surface area contributed by atoms with Gasteiger partial charge in [0.15, 0.2) is 5.82 Å². The standard InChI is InChI=1S/C27H22N4O/c1-18-15-16-22(17-19(18)2)31-26(21-10-4-3-5-11-21)29-25(30-31)27(32)28-24-14-8-12-20-9-6-7-13-23(20)24/h3-17H,1-2H3,(H,28,32). The number of carbonyl (C=O) groups excluding carboxylic acids is 1. The van der Waals surface area contributed by atoms with Crippen LogP contribution in [0.25, 0.3) is 27.8 Å². The van der Waals surface area contributed by atoms with E-state index in [9.17, 15) is 4.79 Å². The number of hydrogen-bond acceptors (Lipinski definition) is 3. The quantitative estimate of drug-likeness (QED) is 0.392. The minimum absolute atomic E-state index is 0.120. The number of nitrogens with zero attached hydrogens (tertiary/aromatic N) is 3. The summed E-state index contributed by atoms with van der Waals surface area (Å²) < 4.78 is 1.74. The van der Waals surface area contributed by atoms with Crippen molar-refractivity contribution in [2.45, 2.75) is 13.8 Å². The molecule has 4 aromatic carbocycles. The molecule has 0 aliphatic rings. The summed E-state index contributed by atoms with van der Waals surface area (Å²) in [5, 5.41) is 9.62. The van der Waals surface area contributed by atoms with Gasteiger partial charge in [-0.3, -0.25) is 4.79 Å². The van der Waals surface area contributed by atoms with E-state index in [1.54, 1.807) is 4.68 Å². The Balaban J connectivity index is 1.57. The average Bonchev–Trinajstić information content (AvgIpc) is 3.27. The molecule has 1 aromatic heterocycles. The predicted octanol–water partition coefficient (Wildman–Crippen LogP) is 5.96. The number of amides is 1. The first-order valence-electron chi connectivity index (χ1n) is 10.5. The molecule has 0 bridgehead atoms. The number of carbonyl (C=O) groups is 1. The highest BCUT2D eigenvalue weighted by Crippen LogP contribution is 2.25. The van der Waals surface area contributed by atoms with Gasteiger partial charge < -0.3 is 5.32 Å². The summed E-state index contributed by atoms with van der Waals surface area (Å²) in [7, 11) is 0. The number of aryl methyl sites for hydroxylation is 2. The van der Waals surface area contributed by atoms with Crippen molar-refractivity contribution < 1.29 is 4.79 Å². The van der Waals surface area contributed by atoms with E-state index in [1.807, 2.05) is 78.9 Å². The number of rotatable bonds is 4. The first-order chi connectivity index (χ1) is 15.6. The van der Waals surface area contributed by atoms with Crippen molar-refractivity contribution in [2.75, 3.05) is 5.32 Å². The Kier molecular flexibility index (Phi) is 5.00. The van der Waals surface area contributed by atoms with E-state index in [2.05, 4.69) is 41.4 Å². The lowest BCUT2D eigenvalue weighted by atomic mass is 10.1. The summed E-state index contributed by atoms with van der Waals surface area (Å²) in [6, 6.07) is 29.7. The molecular weight excluding hydrogens is 396 g/mol. The van der Waals surface area contributed by atoms with E-state index in [1.165, 1.54) is 5.56 Å². The summed E-state index contributed by atoms with van der Waals surface area (Å²) in [5.74, 6) is 0.396. The van der Waals surface area contributed by atoms with Gasteiger partial charge in [0.05, 0.1) is 5.69 Å². The summed E-state index contributed by atoms with van der Waals surface area (Å²) in [4.78, 5) is 17.8. The molecule has 156 valence electrons. The first kappa shape index (κ1) is 19.7. The molecule has 0 saturated carbocycles. The van der Waals surface area contributed by atoms with Crippen molar-refractivity contribution in [3.8, 4) is 17.1 Å². The van der Waals surface area contributed by atoms with Crippen LogP contribution in [-0.2, 0) is 0 Å². The molecule has 0 atom stereocenters. The van der Waals surface area contributed by atoms with Gasteiger partial charge in [0, 0.05) is 16.6 Å². The normalized spacial score (nSPS) is 10.9. The molecule has 32 heavy (non-hydrogen) atoms. The van der Waals surface area contributed by atoms with Crippen LogP contribution in [0.2, 0.25) is 0 Å². The molecule has 5 rings (SSSR count). The number of aromatic nitrogens is 3. The molecule has 5 aromatic rings. The fourth-order valence-electron chi connectivity index (χ4n) is 3.73. The van der Waals surface area contributed by atoms with Crippen LogP contribution in [0.3, 0.4) is 0 Å². The Labute approximate surface area is 186 Å². The molecule has 0 saturated heterocycles. The number of nitrogens with one attached hydrogen (secondary N) is 1. The van der Waals surface area contributed by atoms with Gasteiger partial charge in [-0.2, -0.15) is 0 Å². The molecule has 1 heterocycles. The Morgan fingerprint density at radius 3 is 2.38 bits per heavy atom. The highest BCUT2D eigenvalue weighted by atomic mass is 16.2. The molecule has 0 fully saturated rings. The summed E-state index contributed by atoms with van der Waals surface area (Å²) in [6.45, 7) is 4.13. The molecule has 0 spiro atoms. The van der Waals surface area contributed by atoms with Crippen LogP contribution < -0.4 is 5.32 Å². The number of anilines is 1. The van der Waals surface area contributed by atoms with Crippen LogP contribution in [0.4, 0.5) is 5.69 Å². The predicted molar refractivity (Wildman–Crippen MR) is 128 cm³/mol. The highest BCUT2D eigenvalue weighted by molar-refractivity contribution is 6.07. The van der Waals surface area contributed by atoms with E-state index in [4.69, 9.17) is 0 Å². The van der Waals surface area contributed by atoms with Crippen molar-refractivity contribution in [1.82, 2.24) is 14.8 Å². The minimum Gasteiger partial charge on any atom is -0.319 e. The number of benzene rings is 4. The number of fused-ring (bicyclic) bond motifs is 1. The highest BCUT2D eigenvalue weighted by Gasteiger charge is 2.19. The summed E-state index contributed by atoms with van der Waals surface area (Å²) >= 11 is 0. The average molecular weight is 419 g/mol. The zero-order valence-corrected chi connectivity index (χ0v) is 17.9. The maximum absolute atomic E-state index is 13.2. The molecular formula is C27H22N4O. The third kappa shape index (κ3) is 3.65. The summed E-state index contributed by atoms with van der Waals surface area (Å²) in [5.41, 5.74) is 4.84. The third-order valence-electron chi connectivity index (χ3n) is 5.62. The van der Waals surface area contributed by atoms with Gasteiger partial charge in [-0.25, -0.2) is 9.67 Å². The minimum atomic E-state index is -0.346. The van der Waals surface area contributed by atoms with E-state index in [-0.39, 0.29) is 11.7 Å². The lowest BCUT2D eigenvalue weighted by Gasteiger charge is -2.08. The van der Waals surface area contributed by atoms with Gasteiger partial charge in [-0.1, -0.05) is 72.8 Å². The Morgan fingerprint density at radius 2 is 1.56 bits per heavy atom. The molecule has 0 unspecified atom stereocenters. The zero-order valence-electron chi connectivity index (χ0n) is 17.9. The molecule has 0 aliphatic heterocycles. The lowest BCUT2D eigenvalue weighted by Crippen LogP contribution is -2.14. The van der Waals surface area contributed by atoms with Crippen molar-refractivity contribution in [1.29, 1.82) is 0 Å². The lowest BCUT2D eigenvalue weighted by molar-refractivity contribution is 0.101. The fraction of sp³-hybridized carbons (Fsp3) is 0.0741. The number of hydrogen-bond donors (Lipinski definition) is 1. The van der Waals surface area contributed by atoms with Gasteiger partial charge in [0.2, 0.25) is 5.82 Å². The molecule has 0 aliphatic carbocycles. The van der Waals surface area contributed by atoms with Crippen LogP contribution in [0.15, 0.2) is 91.0 Å². The monoisotopic (exact) mass is 418 g/mol. The van der Waals surface area contributed by atoms with Crippen molar-refractivity contribution in [3.63, 3.8) is 0 Å². The third-order valence-corrected chi connectivity index (χ3v) is 5.62. The largest absolute Gasteiger partial charge is 0.319 e. The molecule has 5 nitrogen and oxygen atoms in total. The van der Waals surface area contributed by atoms with Crippen molar-refractivity contribution >= 4 is 22.4 Å². The second-order valence-corrected chi connectivity index (χ2v) is 7.79. The van der Waals surface area contributed by atoms with Gasteiger partial charge in [-0.05, 0) is 48.6 Å². The van der Waals surface area contributed by atoms with Gasteiger partial charge in [0.1, 0.15) is 0 Å². The Hall–Kier alpha value is -4.25. The Bertz CT molecular complexity index is 1430. The smallest absolute Gasteiger partial charge is 0.295 e. The van der Waals surface area contributed by atoms with Gasteiger partial charge in [0.25, 0.3) is 5.91 Å². The van der Waals surface area contributed by atoms with E-state index in [0.29, 0.717) is 5.82 Å². The zero-order chi connectivity index (χ0) is 22.1. The van der Waals surface area contributed by atoms with E-state index in [0.717, 1.165) is 33.3 Å². The van der Waals surface area contributed by atoms with Gasteiger partial charge >= 0.3 is 0 Å². The van der Waals surface area contributed by atoms with E-state index < -0.39 is 0 Å². The van der Waals surface area contributed by atoms with Crippen LogP contribution in [0.1, 0.15) is 21.7 Å². The van der Waals surface area contributed by atoms with Crippen LogP contribution >= 0.6 is 0 Å². The van der Waals surface area contributed by atoms with Crippen molar-refractivity contribution in [3.05, 3.63) is 108 Å². The molecule has 0 radical (unpaired) electrons. The molecule has 5 heteroatoms. The Morgan fingerprint density at radius 1 is 0.812 bits per heavy atom. The van der Waals surface area contributed by atoms with Crippen molar-refractivity contribution in [2.24, 2.45) is 0 Å². The maximum Gasteiger partial charge on any atom is 0.295 e. The SMILES string of the molecule is Cc1ccc(-n2nc(C(=O)Nc3cccc4ccccc34)nc2-c2ccccc2)cc1C. The topological polar surface area (TPSA) is 59.8 Å². The molecule has 1 amide bonds. The fourth-order valence-corrected chi connectivity index (χ4v) is 3.73. The van der Waals surface area contributed by atoms with Gasteiger partial charge in [-0.15, -0.1) is 5.10 Å². The maximum atomic E-state index is 13.2. The second-order valence-electron chi connectivity index (χ2n) is 7.79. The summed E-state index contributed by atoms with van der Waals surface area (Å²) in [6.07, 6.45) is 0. The van der Waals surface area contributed by atoms with Crippen LogP contribution in [0.5, 0.6) is 0 Å². The first-order valence-corrected chi connectivity index (χ1v) is 10.5. The molecule has 1 N–H and O–H groups in total.